The van der Waals surface area contributed by atoms with Gasteiger partial charge in [0.25, 0.3) is 0 Å². The summed E-state index contributed by atoms with van der Waals surface area (Å²) in [6, 6.07) is 0. The molecule has 0 aromatic carbocycles. The zero-order valence-corrected chi connectivity index (χ0v) is 7.66. The smallest absolute Gasteiger partial charge is 0.155 e. The van der Waals surface area contributed by atoms with E-state index in [2.05, 4.69) is 0 Å². The molecule has 70 valence electrons. The van der Waals surface area contributed by atoms with Crippen LogP contribution in [-0.2, 0) is 9.59 Å². The van der Waals surface area contributed by atoms with Crippen molar-refractivity contribution in [2.75, 3.05) is 0 Å². The highest BCUT2D eigenvalue weighted by molar-refractivity contribution is 5.90. The van der Waals surface area contributed by atoms with Gasteiger partial charge < -0.3 is 4.79 Å². The molecule has 0 amide bonds. The monoisotopic (exact) mass is 178 g/mol. The van der Waals surface area contributed by atoms with E-state index in [4.69, 9.17) is 0 Å². The Hall–Kier alpha value is -0.920. The largest absolute Gasteiger partial charge is 0.303 e. The number of aldehydes is 1. The van der Waals surface area contributed by atoms with E-state index in [9.17, 15) is 9.59 Å². The van der Waals surface area contributed by atoms with Gasteiger partial charge in [-0.25, -0.2) is 0 Å². The summed E-state index contributed by atoms with van der Waals surface area (Å²) in [6.07, 6.45) is 9.46. The average molecular weight is 178 g/mol. The van der Waals surface area contributed by atoms with Gasteiger partial charge in [-0.15, -0.1) is 0 Å². The van der Waals surface area contributed by atoms with Crippen LogP contribution in [-0.4, -0.2) is 12.1 Å². The van der Waals surface area contributed by atoms with Gasteiger partial charge in [0.1, 0.15) is 6.29 Å². The van der Waals surface area contributed by atoms with Crippen molar-refractivity contribution in [3.8, 4) is 0 Å². The molecule has 1 fully saturated rings. The molecule has 0 aromatic rings. The second kappa shape index (κ2) is 3.09. The molecular formula is C11H14O2. The second-order valence-electron chi connectivity index (χ2n) is 4.17. The number of hydrogen-bond donors (Lipinski definition) is 0. The van der Waals surface area contributed by atoms with Crippen LogP contribution in [0.4, 0.5) is 0 Å². The van der Waals surface area contributed by atoms with Gasteiger partial charge in [0.2, 0.25) is 0 Å². The number of allylic oxidation sites excluding steroid dienone is 2. The molecule has 0 heterocycles. The Labute approximate surface area is 78.0 Å². The Kier molecular flexibility index (Phi) is 2.06. The molecule has 2 heteroatoms. The third-order valence-corrected chi connectivity index (χ3v) is 3.50. The van der Waals surface area contributed by atoms with E-state index < -0.39 is 0 Å². The molecule has 0 bridgehead atoms. The SMILES string of the molecule is O=CC1CCCC12C=CC(=O)CC2. The van der Waals surface area contributed by atoms with Gasteiger partial charge in [-0.3, -0.25) is 4.79 Å². The summed E-state index contributed by atoms with van der Waals surface area (Å²) in [4.78, 5) is 21.9. The summed E-state index contributed by atoms with van der Waals surface area (Å²) in [5.74, 6) is 0.374. The average Bonchev–Trinajstić information content (AvgIpc) is 2.54. The number of carbonyl (C=O) groups is 2. The van der Waals surface area contributed by atoms with Crippen LogP contribution in [0.15, 0.2) is 12.2 Å². The first-order valence-corrected chi connectivity index (χ1v) is 4.94. The minimum atomic E-state index is 0.0513. The van der Waals surface area contributed by atoms with Crippen LogP contribution in [0.1, 0.15) is 32.1 Å². The van der Waals surface area contributed by atoms with Gasteiger partial charge in [0.15, 0.2) is 5.78 Å². The van der Waals surface area contributed by atoms with E-state index in [1.165, 1.54) is 0 Å². The van der Waals surface area contributed by atoms with Crippen LogP contribution in [0.5, 0.6) is 0 Å². The van der Waals surface area contributed by atoms with Crippen LogP contribution < -0.4 is 0 Å². The van der Waals surface area contributed by atoms with Gasteiger partial charge in [-0.1, -0.05) is 12.5 Å². The van der Waals surface area contributed by atoms with Gasteiger partial charge >= 0.3 is 0 Å². The predicted octanol–water partition coefficient (Wildman–Crippen LogP) is 1.89. The summed E-state index contributed by atoms with van der Waals surface area (Å²) in [5.41, 5.74) is 0.0513. The molecule has 0 saturated heterocycles. The zero-order chi connectivity index (χ0) is 9.31. The molecule has 2 unspecified atom stereocenters. The highest BCUT2D eigenvalue weighted by Gasteiger charge is 2.41. The molecule has 2 rings (SSSR count). The van der Waals surface area contributed by atoms with Gasteiger partial charge in [0.05, 0.1) is 0 Å². The molecule has 2 nitrogen and oxygen atoms in total. The van der Waals surface area contributed by atoms with Crippen molar-refractivity contribution in [3.05, 3.63) is 12.2 Å². The maximum atomic E-state index is 11.0. The van der Waals surface area contributed by atoms with Crippen molar-refractivity contribution in [2.45, 2.75) is 32.1 Å². The Bertz CT molecular complexity index is 267. The lowest BCUT2D eigenvalue weighted by atomic mass is 9.72. The molecule has 2 aliphatic rings. The summed E-state index contributed by atoms with van der Waals surface area (Å²) in [5, 5.41) is 0. The van der Waals surface area contributed by atoms with Crippen LogP contribution >= 0.6 is 0 Å². The third-order valence-electron chi connectivity index (χ3n) is 3.50. The van der Waals surface area contributed by atoms with Crippen LogP contribution in [0.3, 0.4) is 0 Å². The molecule has 1 spiro atoms. The summed E-state index contributed by atoms with van der Waals surface area (Å²) in [6.45, 7) is 0. The quantitative estimate of drug-likeness (QED) is 0.574. The van der Waals surface area contributed by atoms with Crippen molar-refractivity contribution in [2.24, 2.45) is 11.3 Å². The number of carbonyl (C=O) groups excluding carboxylic acids is 2. The standard InChI is InChI=1S/C11H14O2/c12-8-9-2-1-5-11(9)6-3-10(13)4-7-11/h3,6,8-9H,1-2,4-5,7H2. The maximum absolute atomic E-state index is 11.0. The van der Waals surface area contributed by atoms with E-state index >= 15 is 0 Å². The number of hydrogen-bond acceptors (Lipinski definition) is 2. The molecular weight excluding hydrogens is 164 g/mol. The fourth-order valence-corrected chi connectivity index (χ4v) is 2.63. The molecule has 13 heavy (non-hydrogen) atoms. The highest BCUT2D eigenvalue weighted by atomic mass is 16.1. The van der Waals surface area contributed by atoms with Gasteiger partial charge in [-0.2, -0.15) is 0 Å². The molecule has 0 N–H and O–H groups in total. The Morgan fingerprint density at radius 2 is 2.31 bits per heavy atom. The topological polar surface area (TPSA) is 34.1 Å². The third kappa shape index (κ3) is 1.34. The summed E-state index contributed by atoms with van der Waals surface area (Å²) in [7, 11) is 0. The normalized spacial score (nSPS) is 38.5. The zero-order valence-electron chi connectivity index (χ0n) is 7.66. The second-order valence-corrected chi connectivity index (χ2v) is 4.17. The molecule has 0 aromatic heterocycles. The van der Waals surface area contributed by atoms with Crippen LogP contribution in [0.2, 0.25) is 0 Å². The van der Waals surface area contributed by atoms with Gasteiger partial charge in [0, 0.05) is 12.3 Å². The molecule has 1 saturated carbocycles. The van der Waals surface area contributed by atoms with E-state index in [1.54, 1.807) is 6.08 Å². The molecule has 2 aliphatic carbocycles. The minimum absolute atomic E-state index is 0.0513. The Balaban J connectivity index is 2.24. The molecule has 0 radical (unpaired) electrons. The molecule has 0 aliphatic heterocycles. The van der Waals surface area contributed by atoms with E-state index in [-0.39, 0.29) is 17.1 Å². The molecule has 2 atom stereocenters. The van der Waals surface area contributed by atoms with Crippen molar-refractivity contribution in [3.63, 3.8) is 0 Å². The Morgan fingerprint density at radius 3 is 2.92 bits per heavy atom. The first kappa shape index (κ1) is 8.67. The van der Waals surface area contributed by atoms with Crippen molar-refractivity contribution in [1.82, 2.24) is 0 Å². The number of rotatable bonds is 1. The lowest BCUT2D eigenvalue weighted by molar-refractivity contribution is -0.118. The van der Waals surface area contributed by atoms with Crippen LogP contribution in [0.25, 0.3) is 0 Å². The fraction of sp³-hybridized carbons (Fsp3) is 0.636. The first-order chi connectivity index (χ1) is 6.27. The lowest BCUT2D eigenvalue weighted by Gasteiger charge is -2.31. The summed E-state index contributed by atoms with van der Waals surface area (Å²) >= 11 is 0. The van der Waals surface area contributed by atoms with E-state index in [0.29, 0.717) is 6.42 Å². The summed E-state index contributed by atoms with van der Waals surface area (Å²) < 4.78 is 0. The number of ketones is 1. The lowest BCUT2D eigenvalue weighted by Crippen LogP contribution is -2.28. The van der Waals surface area contributed by atoms with E-state index in [1.807, 2.05) is 6.08 Å². The van der Waals surface area contributed by atoms with Crippen molar-refractivity contribution < 1.29 is 9.59 Å². The van der Waals surface area contributed by atoms with Crippen LogP contribution in [0, 0.1) is 11.3 Å². The fourth-order valence-electron chi connectivity index (χ4n) is 2.63. The van der Waals surface area contributed by atoms with E-state index in [0.717, 1.165) is 32.0 Å². The maximum Gasteiger partial charge on any atom is 0.155 e. The minimum Gasteiger partial charge on any atom is -0.303 e. The Morgan fingerprint density at radius 1 is 1.46 bits per heavy atom. The van der Waals surface area contributed by atoms with Gasteiger partial charge in [-0.05, 0) is 30.8 Å². The first-order valence-electron chi connectivity index (χ1n) is 4.94. The van der Waals surface area contributed by atoms with Crippen molar-refractivity contribution in [1.29, 1.82) is 0 Å². The predicted molar refractivity (Wildman–Crippen MR) is 49.2 cm³/mol. The van der Waals surface area contributed by atoms with Crippen molar-refractivity contribution >= 4 is 12.1 Å². The highest BCUT2D eigenvalue weighted by Crippen LogP contribution is 2.48.